The van der Waals surface area contributed by atoms with Crippen LogP contribution in [-0.2, 0) is 10.0 Å². The minimum atomic E-state index is -3.42. The average molecular weight is 302 g/mol. The standard InChI is InChI=1S/C13H22N2O2S2/c1-10-8-11(2)18-12(10)19(16,17)15-9-13(14)6-4-3-5-7-13/h8,15H,3-7,9,14H2,1-2H3. The van der Waals surface area contributed by atoms with Crippen molar-refractivity contribution < 1.29 is 8.42 Å². The summed E-state index contributed by atoms with van der Waals surface area (Å²) in [5, 5.41) is 0. The van der Waals surface area contributed by atoms with Gasteiger partial charge in [0.05, 0.1) is 0 Å². The molecule has 108 valence electrons. The first-order chi connectivity index (χ1) is 8.82. The van der Waals surface area contributed by atoms with Gasteiger partial charge >= 0.3 is 0 Å². The highest BCUT2D eigenvalue weighted by atomic mass is 32.2. The number of nitrogens with two attached hydrogens (primary N) is 1. The molecular weight excluding hydrogens is 280 g/mol. The molecule has 6 heteroatoms. The number of nitrogens with one attached hydrogen (secondary N) is 1. The number of hydrogen-bond donors (Lipinski definition) is 2. The third-order valence-corrected chi connectivity index (χ3v) is 6.89. The molecule has 2 rings (SSSR count). The van der Waals surface area contributed by atoms with Crippen molar-refractivity contribution in [3.8, 4) is 0 Å². The molecule has 0 saturated heterocycles. The SMILES string of the molecule is Cc1cc(C)c(S(=O)(=O)NCC2(N)CCCCC2)s1. The summed E-state index contributed by atoms with van der Waals surface area (Å²) >= 11 is 1.32. The van der Waals surface area contributed by atoms with E-state index in [0.717, 1.165) is 36.1 Å². The summed E-state index contributed by atoms with van der Waals surface area (Å²) in [5.74, 6) is 0. The van der Waals surface area contributed by atoms with Gasteiger partial charge in [-0.3, -0.25) is 0 Å². The van der Waals surface area contributed by atoms with E-state index < -0.39 is 10.0 Å². The summed E-state index contributed by atoms with van der Waals surface area (Å²) in [6, 6.07) is 1.90. The van der Waals surface area contributed by atoms with Crippen molar-refractivity contribution in [2.45, 2.75) is 55.7 Å². The lowest BCUT2D eigenvalue weighted by molar-refractivity contribution is 0.296. The van der Waals surface area contributed by atoms with Crippen LogP contribution in [-0.4, -0.2) is 20.5 Å². The molecule has 1 saturated carbocycles. The van der Waals surface area contributed by atoms with Gasteiger partial charge in [0.15, 0.2) is 0 Å². The fourth-order valence-electron chi connectivity index (χ4n) is 2.62. The summed E-state index contributed by atoms with van der Waals surface area (Å²) < 4.78 is 27.7. The first-order valence-corrected chi connectivity index (χ1v) is 8.98. The van der Waals surface area contributed by atoms with Gasteiger partial charge in [0, 0.05) is 17.0 Å². The molecule has 0 spiro atoms. The van der Waals surface area contributed by atoms with Crippen LogP contribution < -0.4 is 10.5 Å². The zero-order chi connectivity index (χ0) is 14.1. The quantitative estimate of drug-likeness (QED) is 0.896. The van der Waals surface area contributed by atoms with Gasteiger partial charge in [-0.15, -0.1) is 11.3 Å². The summed E-state index contributed by atoms with van der Waals surface area (Å²) in [6.45, 7) is 4.09. The van der Waals surface area contributed by atoms with Gasteiger partial charge in [-0.25, -0.2) is 13.1 Å². The maximum absolute atomic E-state index is 12.3. The van der Waals surface area contributed by atoms with Crippen molar-refractivity contribution in [3.63, 3.8) is 0 Å². The lowest BCUT2D eigenvalue weighted by Crippen LogP contribution is -2.51. The Kier molecular flexibility index (Phi) is 4.35. The molecule has 0 radical (unpaired) electrons. The second-order valence-electron chi connectivity index (χ2n) is 5.58. The van der Waals surface area contributed by atoms with Crippen molar-refractivity contribution >= 4 is 21.4 Å². The van der Waals surface area contributed by atoms with E-state index >= 15 is 0 Å². The van der Waals surface area contributed by atoms with Gasteiger partial charge < -0.3 is 5.73 Å². The first kappa shape index (κ1) is 15.0. The summed E-state index contributed by atoms with van der Waals surface area (Å²) in [5.41, 5.74) is 6.70. The summed E-state index contributed by atoms with van der Waals surface area (Å²) in [7, 11) is -3.42. The number of rotatable bonds is 4. The van der Waals surface area contributed by atoms with Crippen LogP contribution in [0, 0.1) is 13.8 Å². The van der Waals surface area contributed by atoms with Gasteiger partial charge in [-0.1, -0.05) is 19.3 Å². The molecule has 1 aromatic heterocycles. The summed E-state index contributed by atoms with van der Waals surface area (Å²) in [4.78, 5) is 1.01. The Morgan fingerprint density at radius 1 is 1.32 bits per heavy atom. The van der Waals surface area contributed by atoms with Crippen LogP contribution in [0.25, 0.3) is 0 Å². The van der Waals surface area contributed by atoms with E-state index in [1.54, 1.807) is 0 Å². The molecule has 3 N–H and O–H groups in total. The lowest BCUT2D eigenvalue weighted by Gasteiger charge is -2.33. The molecule has 0 aliphatic heterocycles. The van der Waals surface area contributed by atoms with Crippen LogP contribution in [0.2, 0.25) is 0 Å². The smallest absolute Gasteiger partial charge is 0.250 e. The van der Waals surface area contributed by atoms with E-state index in [0.29, 0.717) is 10.8 Å². The largest absolute Gasteiger partial charge is 0.324 e. The van der Waals surface area contributed by atoms with Crippen molar-refractivity contribution in [2.24, 2.45) is 5.73 Å². The topological polar surface area (TPSA) is 72.2 Å². The van der Waals surface area contributed by atoms with Gasteiger partial charge in [0.1, 0.15) is 4.21 Å². The number of aryl methyl sites for hydroxylation is 2. The predicted octanol–water partition coefficient (Wildman–Crippen LogP) is 2.30. The van der Waals surface area contributed by atoms with Crippen LogP contribution in [0.15, 0.2) is 10.3 Å². The molecular formula is C13H22N2O2S2. The zero-order valence-corrected chi connectivity index (χ0v) is 13.2. The maximum Gasteiger partial charge on any atom is 0.250 e. The Hall–Kier alpha value is -0.430. The van der Waals surface area contributed by atoms with E-state index in [2.05, 4.69) is 4.72 Å². The number of sulfonamides is 1. The maximum atomic E-state index is 12.3. The predicted molar refractivity (Wildman–Crippen MR) is 79.0 cm³/mol. The number of hydrogen-bond acceptors (Lipinski definition) is 4. The normalized spacial score (nSPS) is 19.5. The minimum Gasteiger partial charge on any atom is -0.324 e. The van der Waals surface area contributed by atoms with E-state index in [4.69, 9.17) is 5.73 Å². The molecule has 1 fully saturated rings. The molecule has 1 aliphatic rings. The van der Waals surface area contributed by atoms with E-state index in [1.165, 1.54) is 17.8 Å². The molecule has 0 aromatic carbocycles. The Bertz CT molecular complexity index is 543. The van der Waals surface area contributed by atoms with E-state index in [-0.39, 0.29) is 5.54 Å². The van der Waals surface area contributed by atoms with Crippen molar-refractivity contribution in [1.29, 1.82) is 0 Å². The van der Waals surface area contributed by atoms with Crippen molar-refractivity contribution in [1.82, 2.24) is 4.72 Å². The molecule has 19 heavy (non-hydrogen) atoms. The van der Waals surface area contributed by atoms with Crippen molar-refractivity contribution in [3.05, 3.63) is 16.5 Å². The Balaban J connectivity index is 2.07. The lowest BCUT2D eigenvalue weighted by atomic mass is 9.83. The van der Waals surface area contributed by atoms with Gasteiger partial charge in [0.25, 0.3) is 0 Å². The van der Waals surface area contributed by atoms with Crippen LogP contribution in [0.1, 0.15) is 42.5 Å². The van der Waals surface area contributed by atoms with E-state index in [9.17, 15) is 8.42 Å². The van der Waals surface area contributed by atoms with Gasteiger partial charge in [0.2, 0.25) is 10.0 Å². The fourth-order valence-corrected chi connectivity index (χ4v) is 5.47. The van der Waals surface area contributed by atoms with Gasteiger partial charge in [-0.2, -0.15) is 0 Å². The van der Waals surface area contributed by atoms with E-state index in [1.807, 2.05) is 19.9 Å². The van der Waals surface area contributed by atoms with Crippen LogP contribution in [0.4, 0.5) is 0 Å². The third-order valence-electron chi connectivity index (χ3n) is 3.70. The third kappa shape index (κ3) is 3.56. The minimum absolute atomic E-state index is 0.339. The summed E-state index contributed by atoms with van der Waals surface area (Å²) in [6.07, 6.45) is 5.19. The molecule has 1 aromatic rings. The molecule has 1 heterocycles. The number of thiophene rings is 1. The Labute approximate surface area is 119 Å². The molecule has 0 amide bonds. The first-order valence-electron chi connectivity index (χ1n) is 6.68. The molecule has 0 bridgehead atoms. The van der Waals surface area contributed by atoms with Crippen LogP contribution >= 0.6 is 11.3 Å². The van der Waals surface area contributed by atoms with Crippen molar-refractivity contribution in [2.75, 3.05) is 6.54 Å². The second kappa shape index (κ2) is 5.52. The highest BCUT2D eigenvalue weighted by Crippen LogP contribution is 2.28. The molecule has 0 atom stereocenters. The Morgan fingerprint density at radius 2 is 1.95 bits per heavy atom. The van der Waals surface area contributed by atoms with Crippen LogP contribution in [0.3, 0.4) is 0 Å². The van der Waals surface area contributed by atoms with Gasteiger partial charge in [-0.05, 0) is 38.3 Å². The second-order valence-corrected chi connectivity index (χ2v) is 8.79. The average Bonchev–Trinajstić information content (AvgIpc) is 2.68. The molecule has 4 nitrogen and oxygen atoms in total. The molecule has 1 aliphatic carbocycles. The monoisotopic (exact) mass is 302 g/mol. The van der Waals surface area contributed by atoms with Crippen LogP contribution in [0.5, 0.6) is 0 Å². The highest BCUT2D eigenvalue weighted by Gasteiger charge is 2.30. The highest BCUT2D eigenvalue weighted by molar-refractivity contribution is 7.91. The molecule has 0 unspecified atom stereocenters. The Morgan fingerprint density at radius 3 is 2.47 bits per heavy atom. The zero-order valence-electron chi connectivity index (χ0n) is 11.5. The fraction of sp³-hybridized carbons (Fsp3) is 0.692.